The molecular formula is C14H18N2O4S. The molecule has 1 saturated heterocycles. The number of thiophene rings is 1. The number of amides is 2. The van der Waals surface area contributed by atoms with Gasteiger partial charge in [0.1, 0.15) is 6.04 Å². The average Bonchev–Trinajstić information content (AvgIpc) is 2.98. The van der Waals surface area contributed by atoms with Crippen molar-refractivity contribution in [2.45, 2.75) is 25.8 Å². The quantitative estimate of drug-likeness (QED) is 0.874. The number of nitrogens with zero attached hydrogens (tertiary/aromatic N) is 1. The molecule has 114 valence electrons. The summed E-state index contributed by atoms with van der Waals surface area (Å²) >= 11 is 1.29. The molecule has 6 nitrogen and oxygen atoms in total. The lowest BCUT2D eigenvalue weighted by atomic mass is 9.92. The van der Waals surface area contributed by atoms with Crippen LogP contribution in [0.1, 0.15) is 29.4 Å². The highest BCUT2D eigenvalue weighted by molar-refractivity contribution is 7.12. The first kappa shape index (κ1) is 15.5. The minimum absolute atomic E-state index is 0.172. The second-order valence-corrected chi connectivity index (χ2v) is 6.18. The molecule has 0 saturated carbocycles. The van der Waals surface area contributed by atoms with Gasteiger partial charge in [-0.15, -0.1) is 11.3 Å². The van der Waals surface area contributed by atoms with Crippen molar-refractivity contribution in [1.82, 2.24) is 10.2 Å². The molecule has 21 heavy (non-hydrogen) atoms. The van der Waals surface area contributed by atoms with Crippen LogP contribution in [0.2, 0.25) is 0 Å². The van der Waals surface area contributed by atoms with E-state index in [2.05, 4.69) is 5.32 Å². The molecule has 1 aliphatic heterocycles. The van der Waals surface area contributed by atoms with E-state index in [-0.39, 0.29) is 24.3 Å². The number of hydrogen-bond acceptors (Lipinski definition) is 4. The minimum atomic E-state index is -0.987. The lowest BCUT2D eigenvalue weighted by molar-refractivity contribution is -0.152. The summed E-state index contributed by atoms with van der Waals surface area (Å²) in [6.07, 6.45) is 1.24. The van der Waals surface area contributed by atoms with E-state index in [0.29, 0.717) is 17.8 Å². The molecule has 2 rings (SSSR count). The number of carbonyl (C=O) groups excluding carboxylic acids is 2. The Morgan fingerprint density at radius 2 is 2.24 bits per heavy atom. The zero-order valence-corrected chi connectivity index (χ0v) is 12.6. The molecule has 1 aromatic rings. The maximum atomic E-state index is 12.1. The van der Waals surface area contributed by atoms with Gasteiger partial charge in [-0.2, -0.15) is 0 Å². The molecule has 7 heteroatoms. The third-order valence-corrected chi connectivity index (χ3v) is 4.48. The van der Waals surface area contributed by atoms with E-state index >= 15 is 0 Å². The highest BCUT2D eigenvalue weighted by Gasteiger charge is 2.34. The van der Waals surface area contributed by atoms with Crippen molar-refractivity contribution in [1.29, 1.82) is 0 Å². The average molecular weight is 310 g/mol. The SMILES string of the molecule is CC1CCN(C(=O)CNC(=O)c2cccs2)C(C(=O)O)C1. The fourth-order valence-corrected chi connectivity index (χ4v) is 3.07. The van der Waals surface area contributed by atoms with Crippen molar-refractivity contribution in [3.05, 3.63) is 22.4 Å². The Kier molecular flexibility index (Phi) is 4.95. The Hall–Kier alpha value is -1.89. The normalized spacial score (nSPS) is 21.9. The third kappa shape index (κ3) is 3.81. The molecule has 2 amide bonds. The van der Waals surface area contributed by atoms with E-state index in [9.17, 15) is 19.5 Å². The van der Waals surface area contributed by atoms with Crippen molar-refractivity contribution < 1.29 is 19.5 Å². The highest BCUT2D eigenvalue weighted by Crippen LogP contribution is 2.22. The van der Waals surface area contributed by atoms with E-state index in [1.807, 2.05) is 6.92 Å². The van der Waals surface area contributed by atoms with Gasteiger partial charge in [0.25, 0.3) is 5.91 Å². The maximum Gasteiger partial charge on any atom is 0.326 e. The van der Waals surface area contributed by atoms with E-state index in [1.54, 1.807) is 17.5 Å². The zero-order valence-electron chi connectivity index (χ0n) is 11.7. The van der Waals surface area contributed by atoms with Gasteiger partial charge in [0, 0.05) is 6.54 Å². The Labute approximate surface area is 126 Å². The Bertz CT molecular complexity index is 529. The van der Waals surface area contributed by atoms with Crippen LogP contribution in [0.3, 0.4) is 0 Å². The molecule has 1 aromatic heterocycles. The number of carboxylic acids is 1. The number of rotatable bonds is 4. The van der Waals surface area contributed by atoms with Crippen LogP contribution in [0.4, 0.5) is 0 Å². The number of hydrogen-bond donors (Lipinski definition) is 2. The molecule has 0 radical (unpaired) electrons. The third-order valence-electron chi connectivity index (χ3n) is 3.62. The van der Waals surface area contributed by atoms with Crippen LogP contribution in [0, 0.1) is 5.92 Å². The fraction of sp³-hybridized carbons (Fsp3) is 0.500. The van der Waals surface area contributed by atoms with Gasteiger partial charge in [-0.05, 0) is 30.2 Å². The molecule has 2 heterocycles. The van der Waals surface area contributed by atoms with E-state index in [1.165, 1.54) is 16.2 Å². The predicted octanol–water partition coefficient (Wildman–Crippen LogP) is 1.19. The summed E-state index contributed by atoms with van der Waals surface area (Å²) < 4.78 is 0. The smallest absolute Gasteiger partial charge is 0.326 e. The zero-order chi connectivity index (χ0) is 15.4. The van der Waals surface area contributed by atoms with Gasteiger partial charge in [0.05, 0.1) is 11.4 Å². The Morgan fingerprint density at radius 1 is 1.48 bits per heavy atom. The van der Waals surface area contributed by atoms with E-state index in [0.717, 1.165) is 6.42 Å². The van der Waals surface area contributed by atoms with Gasteiger partial charge in [0.2, 0.25) is 5.91 Å². The summed E-state index contributed by atoms with van der Waals surface area (Å²) in [4.78, 5) is 37.1. The van der Waals surface area contributed by atoms with Crippen LogP contribution < -0.4 is 5.32 Å². The van der Waals surface area contributed by atoms with Crippen molar-refractivity contribution in [3.8, 4) is 0 Å². The van der Waals surface area contributed by atoms with Gasteiger partial charge in [0.15, 0.2) is 0 Å². The van der Waals surface area contributed by atoms with Gasteiger partial charge < -0.3 is 15.3 Å². The first-order valence-electron chi connectivity index (χ1n) is 6.83. The lowest BCUT2D eigenvalue weighted by Crippen LogP contribution is -2.52. The summed E-state index contributed by atoms with van der Waals surface area (Å²) in [5.41, 5.74) is 0. The van der Waals surface area contributed by atoms with Crippen LogP contribution in [-0.2, 0) is 9.59 Å². The molecular weight excluding hydrogens is 292 g/mol. The Morgan fingerprint density at radius 3 is 2.86 bits per heavy atom. The molecule has 1 aliphatic rings. The van der Waals surface area contributed by atoms with Gasteiger partial charge >= 0.3 is 5.97 Å². The van der Waals surface area contributed by atoms with E-state index < -0.39 is 12.0 Å². The van der Waals surface area contributed by atoms with Crippen molar-refractivity contribution in [2.24, 2.45) is 5.92 Å². The first-order valence-corrected chi connectivity index (χ1v) is 7.71. The molecule has 1 fully saturated rings. The second-order valence-electron chi connectivity index (χ2n) is 5.23. The minimum Gasteiger partial charge on any atom is -0.480 e. The molecule has 0 aromatic carbocycles. The van der Waals surface area contributed by atoms with Crippen LogP contribution in [0.15, 0.2) is 17.5 Å². The standard InChI is InChI=1S/C14H18N2O4S/c1-9-4-5-16(10(7-9)14(19)20)12(17)8-15-13(18)11-3-2-6-21-11/h2-3,6,9-10H,4-5,7-8H2,1H3,(H,15,18)(H,19,20). The molecule has 0 spiro atoms. The fourth-order valence-electron chi connectivity index (χ4n) is 2.43. The first-order chi connectivity index (χ1) is 9.99. The number of carboxylic acid groups (broad SMARTS) is 1. The van der Waals surface area contributed by atoms with E-state index in [4.69, 9.17) is 0 Å². The summed E-state index contributed by atoms with van der Waals surface area (Å²) in [6, 6.07) is 2.64. The Balaban J connectivity index is 1.92. The summed E-state index contributed by atoms with van der Waals surface area (Å²) in [6.45, 7) is 2.23. The number of aliphatic carboxylic acids is 1. The maximum absolute atomic E-state index is 12.1. The molecule has 2 N–H and O–H groups in total. The van der Waals surface area contributed by atoms with Crippen molar-refractivity contribution in [3.63, 3.8) is 0 Å². The van der Waals surface area contributed by atoms with Crippen LogP contribution >= 0.6 is 11.3 Å². The number of nitrogens with one attached hydrogen (secondary N) is 1. The van der Waals surface area contributed by atoms with Crippen LogP contribution in [0.25, 0.3) is 0 Å². The second kappa shape index (κ2) is 6.71. The molecule has 2 atom stereocenters. The van der Waals surface area contributed by atoms with Crippen LogP contribution in [0.5, 0.6) is 0 Å². The number of carbonyl (C=O) groups is 3. The summed E-state index contributed by atoms with van der Waals surface area (Å²) in [5, 5.41) is 13.5. The lowest BCUT2D eigenvalue weighted by Gasteiger charge is -2.36. The number of likely N-dealkylation sites (tertiary alicyclic amines) is 1. The molecule has 2 unspecified atom stereocenters. The summed E-state index contributed by atoms with van der Waals surface area (Å²) in [7, 11) is 0. The molecule has 0 bridgehead atoms. The predicted molar refractivity (Wildman–Crippen MR) is 78.2 cm³/mol. The monoisotopic (exact) mass is 310 g/mol. The van der Waals surface area contributed by atoms with Gasteiger partial charge in [-0.1, -0.05) is 13.0 Å². The van der Waals surface area contributed by atoms with Crippen LogP contribution in [-0.4, -0.2) is 46.9 Å². The molecule has 0 aliphatic carbocycles. The van der Waals surface area contributed by atoms with Gasteiger partial charge in [-0.25, -0.2) is 4.79 Å². The van der Waals surface area contributed by atoms with Gasteiger partial charge in [-0.3, -0.25) is 9.59 Å². The number of piperidine rings is 1. The highest BCUT2D eigenvalue weighted by atomic mass is 32.1. The topological polar surface area (TPSA) is 86.7 Å². The van der Waals surface area contributed by atoms with Crippen molar-refractivity contribution in [2.75, 3.05) is 13.1 Å². The largest absolute Gasteiger partial charge is 0.480 e. The van der Waals surface area contributed by atoms with Crippen molar-refractivity contribution >= 4 is 29.1 Å². The summed E-state index contributed by atoms with van der Waals surface area (Å²) in [5.74, 6) is -1.36.